The van der Waals surface area contributed by atoms with Crippen LogP contribution in [0.4, 0.5) is 11.8 Å². The second-order valence-electron chi connectivity index (χ2n) is 7.07. The Labute approximate surface area is 173 Å². The number of amides is 1. The van der Waals surface area contributed by atoms with Gasteiger partial charge in [0, 0.05) is 30.3 Å². The third-order valence-corrected chi connectivity index (χ3v) is 5.03. The SMILES string of the molecule is CCc1cc(-c2cc(NC(=O)[C@@H](N)c3ccccc3)nn2C)cc2cnc(N)nc12. The molecular formula is C22H23N7O. The number of aromatic nitrogens is 4. The molecule has 0 radical (unpaired) electrons. The van der Waals surface area contributed by atoms with Crippen LogP contribution in [0.5, 0.6) is 0 Å². The number of nitrogen functional groups attached to an aromatic ring is 1. The number of rotatable bonds is 5. The number of fused-ring (bicyclic) bond motifs is 1. The standard InChI is InChI=1S/C22H23N7O/c1-3-13-9-15(10-16-12-25-22(24)27-20(13)16)17-11-18(28-29(17)2)26-21(30)19(23)14-7-5-4-6-8-14/h4-12,19H,3,23H2,1-2H3,(H2,24,25,27)(H,26,28,30)/t19-/m0/s1. The highest BCUT2D eigenvalue weighted by Gasteiger charge is 2.18. The normalized spacial score (nSPS) is 12.1. The Bertz CT molecular complexity index is 1220. The van der Waals surface area contributed by atoms with Gasteiger partial charge in [-0.2, -0.15) is 5.10 Å². The number of hydrogen-bond donors (Lipinski definition) is 3. The van der Waals surface area contributed by atoms with Crippen LogP contribution in [-0.4, -0.2) is 25.7 Å². The Hall–Kier alpha value is -3.78. The van der Waals surface area contributed by atoms with Crippen molar-refractivity contribution >= 4 is 28.6 Å². The van der Waals surface area contributed by atoms with Gasteiger partial charge in [0.05, 0.1) is 11.2 Å². The predicted molar refractivity (Wildman–Crippen MR) is 118 cm³/mol. The summed E-state index contributed by atoms with van der Waals surface area (Å²) in [4.78, 5) is 21.0. The highest BCUT2D eigenvalue weighted by Crippen LogP contribution is 2.29. The van der Waals surface area contributed by atoms with Crippen molar-refractivity contribution in [3.05, 3.63) is 65.9 Å². The van der Waals surface area contributed by atoms with Crippen molar-refractivity contribution in [2.45, 2.75) is 19.4 Å². The molecule has 1 amide bonds. The summed E-state index contributed by atoms with van der Waals surface area (Å²) in [5.41, 5.74) is 16.3. The zero-order valence-electron chi connectivity index (χ0n) is 16.8. The van der Waals surface area contributed by atoms with Crippen molar-refractivity contribution in [3.8, 4) is 11.3 Å². The van der Waals surface area contributed by atoms with Crippen LogP contribution in [-0.2, 0) is 18.3 Å². The van der Waals surface area contributed by atoms with Crippen molar-refractivity contribution < 1.29 is 4.79 Å². The van der Waals surface area contributed by atoms with Gasteiger partial charge in [-0.3, -0.25) is 9.48 Å². The number of benzene rings is 2. The van der Waals surface area contributed by atoms with Crippen LogP contribution >= 0.6 is 0 Å². The lowest BCUT2D eigenvalue weighted by atomic mass is 10.0. The summed E-state index contributed by atoms with van der Waals surface area (Å²) < 4.78 is 1.72. The fourth-order valence-corrected chi connectivity index (χ4v) is 3.46. The molecule has 0 saturated heterocycles. The summed E-state index contributed by atoms with van der Waals surface area (Å²) in [6.07, 6.45) is 2.52. The van der Waals surface area contributed by atoms with Crippen LogP contribution in [0.2, 0.25) is 0 Å². The molecule has 0 unspecified atom stereocenters. The first-order chi connectivity index (χ1) is 14.5. The minimum atomic E-state index is -0.772. The number of aryl methyl sites for hydroxylation is 2. The van der Waals surface area contributed by atoms with Crippen molar-refractivity contribution in [3.63, 3.8) is 0 Å². The number of nitrogens with two attached hydrogens (primary N) is 2. The highest BCUT2D eigenvalue weighted by molar-refractivity contribution is 5.95. The van der Waals surface area contributed by atoms with Crippen LogP contribution in [0.25, 0.3) is 22.2 Å². The van der Waals surface area contributed by atoms with Gasteiger partial charge in [0.2, 0.25) is 11.9 Å². The monoisotopic (exact) mass is 401 g/mol. The van der Waals surface area contributed by atoms with E-state index in [9.17, 15) is 4.79 Å². The lowest BCUT2D eigenvalue weighted by Crippen LogP contribution is -2.27. The Morgan fingerprint density at radius 3 is 2.70 bits per heavy atom. The Morgan fingerprint density at radius 2 is 1.97 bits per heavy atom. The first-order valence-corrected chi connectivity index (χ1v) is 9.67. The number of carbonyl (C=O) groups is 1. The number of anilines is 2. The van der Waals surface area contributed by atoms with Gasteiger partial charge in [0.15, 0.2) is 5.82 Å². The summed E-state index contributed by atoms with van der Waals surface area (Å²) in [5.74, 6) is 0.378. The van der Waals surface area contributed by atoms with Gasteiger partial charge in [0.25, 0.3) is 0 Å². The molecule has 2 aromatic carbocycles. The smallest absolute Gasteiger partial charge is 0.247 e. The van der Waals surface area contributed by atoms with Crippen LogP contribution < -0.4 is 16.8 Å². The van der Waals surface area contributed by atoms with Crippen LogP contribution in [0.1, 0.15) is 24.1 Å². The van der Waals surface area contributed by atoms with Gasteiger partial charge in [-0.1, -0.05) is 37.3 Å². The van der Waals surface area contributed by atoms with Gasteiger partial charge in [-0.15, -0.1) is 0 Å². The molecule has 0 fully saturated rings. The van der Waals surface area contributed by atoms with E-state index in [0.29, 0.717) is 5.82 Å². The van der Waals surface area contributed by atoms with E-state index >= 15 is 0 Å². The molecule has 8 nitrogen and oxygen atoms in total. The molecule has 2 aromatic heterocycles. The minimum absolute atomic E-state index is 0.255. The molecule has 0 aliphatic carbocycles. The van der Waals surface area contributed by atoms with Crippen molar-refractivity contribution in [2.75, 3.05) is 11.1 Å². The minimum Gasteiger partial charge on any atom is -0.368 e. The second kappa shape index (κ2) is 7.92. The van der Waals surface area contributed by atoms with Gasteiger partial charge >= 0.3 is 0 Å². The van der Waals surface area contributed by atoms with E-state index in [0.717, 1.165) is 39.7 Å². The van der Waals surface area contributed by atoms with Gasteiger partial charge in [0.1, 0.15) is 6.04 Å². The molecule has 4 rings (SSSR count). The van der Waals surface area contributed by atoms with Crippen molar-refractivity contribution in [1.29, 1.82) is 0 Å². The maximum absolute atomic E-state index is 12.6. The molecule has 0 aliphatic rings. The van der Waals surface area contributed by atoms with Crippen molar-refractivity contribution in [1.82, 2.24) is 19.7 Å². The van der Waals surface area contributed by atoms with Gasteiger partial charge in [-0.25, -0.2) is 9.97 Å². The van der Waals surface area contributed by atoms with Crippen LogP contribution in [0, 0.1) is 0 Å². The summed E-state index contributed by atoms with van der Waals surface area (Å²) in [6.45, 7) is 2.07. The Kier molecular flexibility index (Phi) is 5.16. The second-order valence-corrected chi connectivity index (χ2v) is 7.07. The van der Waals surface area contributed by atoms with E-state index in [2.05, 4.69) is 33.4 Å². The number of nitrogens with zero attached hydrogens (tertiary/aromatic N) is 4. The van der Waals surface area contributed by atoms with Crippen LogP contribution in [0.3, 0.4) is 0 Å². The average molecular weight is 401 g/mol. The molecule has 1 atom stereocenters. The number of carbonyl (C=O) groups excluding carboxylic acids is 1. The molecule has 0 bridgehead atoms. The lowest BCUT2D eigenvalue weighted by Gasteiger charge is -2.10. The predicted octanol–water partition coefficient (Wildman–Crippen LogP) is 2.81. The third-order valence-electron chi connectivity index (χ3n) is 5.03. The van der Waals surface area contributed by atoms with E-state index in [1.807, 2.05) is 49.5 Å². The molecule has 5 N–H and O–H groups in total. The topological polar surface area (TPSA) is 125 Å². The highest BCUT2D eigenvalue weighted by atomic mass is 16.2. The molecule has 152 valence electrons. The molecule has 30 heavy (non-hydrogen) atoms. The Balaban J connectivity index is 1.64. The first kappa shape index (κ1) is 19.5. The molecule has 8 heteroatoms. The molecular weight excluding hydrogens is 378 g/mol. The lowest BCUT2D eigenvalue weighted by molar-refractivity contribution is -0.117. The molecule has 2 heterocycles. The first-order valence-electron chi connectivity index (χ1n) is 9.67. The van der Waals surface area contributed by atoms with Gasteiger partial charge < -0.3 is 16.8 Å². The quantitative estimate of drug-likeness (QED) is 0.472. The van der Waals surface area contributed by atoms with E-state index < -0.39 is 6.04 Å². The average Bonchev–Trinajstić information content (AvgIpc) is 3.12. The summed E-state index contributed by atoms with van der Waals surface area (Å²) in [5, 5.41) is 8.14. The summed E-state index contributed by atoms with van der Waals surface area (Å²) in [7, 11) is 1.83. The zero-order chi connectivity index (χ0) is 21.3. The summed E-state index contributed by atoms with van der Waals surface area (Å²) >= 11 is 0. The number of nitrogens with one attached hydrogen (secondary N) is 1. The molecule has 0 saturated carbocycles. The largest absolute Gasteiger partial charge is 0.368 e. The maximum Gasteiger partial charge on any atom is 0.247 e. The van der Waals surface area contributed by atoms with E-state index in [-0.39, 0.29) is 11.9 Å². The zero-order valence-corrected chi connectivity index (χ0v) is 16.8. The van der Waals surface area contributed by atoms with E-state index in [1.165, 1.54) is 0 Å². The maximum atomic E-state index is 12.6. The van der Waals surface area contributed by atoms with Crippen molar-refractivity contribution in [2.24, 2.45) is 12.8 Å². The van der Waals surface area contributed by atoms with Crippen LogP contribution in [0.15, 0.2) is 54.7 Å². The third kappa shape index (κ3) is 3.72. The molecule has 4 aromatic rings. The molecule has 0 aliphatic heterocycles. The fraction of sp³-hybridized carbons (Fsp3) is 0.182. The van der Waals surface area contributed by atoms with E-state index in [1.54, 1.807) is 10.9 Å². The fourth-order valence-electron chi connectivity index (χ4n) is 3.46. The Morgan fingerprint density at radius 1 is 1.20 bits per heavy atom. The number of hydrogen-bond acceptors (Lipinski definition) is 6. The van der Waals surface area contributed by atoms with E-state index in [4.69, 9.17) is 11.5 Å². The summed E-state index contributed by atoms with van der Waals surface area (Å²) in [6, 6.07) is 14.3. The van der Waals surface area contributed by atoms with Gasteiger partial charge in [-0.05, 0) is 29.7 Å². The molecule has 0 spiro atoms.